The number of nitrogens with zero attached hydrogens (tertiary/aromatic N) is 4. The van der Waals surface area contributed by atoms with Crippen molar-refractivity contribution < 1.29 is 9.53 Å². The molecule has 154 valence electrons. The number of likely N-dealkylation sites (tertiary alicyclic amines) is 1. The Morgan fingerprint density at radius 3 is 2.46 bits per heavy atom. The van der Waals surface area contributed by atoms with Crippen LogP contribution in [0.3, 0.4) is 0 Å². The number of rotatable bonds is 4. The molecule has 0 aromatic carbocycles. The highest BCUT2D eigenvalue weighted by atomic mass is 16.5. The summed E-state index contributed by atoms with van der Waals surface area (Å²) in [4.78, 5) is 24.4. The fourth-order valence-corrected chi connectivity index (χ4v) is 4.92. The second-order valence-corrected chi connectivity index (χ2v) is 8.46. The minimum absolute atomic E-state index is 0.225. The van der Waals surface area contributed by atoms with Crippen LogP contribution in [0.5, 0.6) is 0 Å². The maximum Gasteiger partial charge on any atom is 0.225 e. The molecule has 28 heavy (non-hydrogen) atoms. The zero-order valence-corrected chi connectivity index (χ0v) is 17.0. The minimum Gasteiger partial charge on any atom is -0.381 e. The van der Waals surface area contributed by atoms with Crippen LogP contribution < -0.4 is 0 Å². The number of piperidine rings is 1. The number of pyridine rings is 1. The molecule has 1 aromatic heterocycles. The van der Waals surface area contributed by atoms with E-state index in [0.717, 1.165) is 91.1 Å². The molecule has 3 aliphatic rings. The summed E-state index contributed by atoms with van der Waals surface area (Å²) >= 11 is 0. The topological polar surface area (TPSA) is 48.9 Å². The van der Waals surface area contributed by atoms with Crippen LogP contribution >= 0.6 is 0 Å². The molecule has 3 aliphatic heterocycles. The van der Waals surface area contributed by atoms with Gasteiger partial charge in [-0.1, -0.05) is 0 Å². The van der Waals surface area contributed by atoms with Crippen LogP contribution in [0.15, 0.2) is 24.5 Å². The van der Waals surface area contributed by atoms with Gasteiger partial charge in [0, 0.05) is 70.3 Å². The zero-order valence-electron chi connectivity index (χ0n) is 17.0. The minimum atomic E-state index is 0.225. The molecular formula is C22H34N4O2. The summed E-state index contributed by atoms with van der Waals surface area (Å²) in [5.74, 6) is 0.625. The molecule has 0 unspecified atom stereocenters. The van der Waals surface area contributed by atoms with Crippen molar-refractivity contribution >= 4 is 5.91 Å². The van der Waals surface area contributed by atoms with Gasteiger partial charge in [-0.3, -0.25) is 14.7 Å². The summed E-state index contributed by atoms with van der Waals surface area (Å²) in [5.41, 5.74) is 1.30. The molecular weight excluding hydrogens is 352 g/mol. The molecule has 0 spiro atoms. The van der Waals surface area contributed by atoms with Crippen LogP contribution in [0.4, 0.5) is 0 Å². The van der Waals surface area contributed by atoms with Crippen molar-refractivity contribution in [1.29, 1.82) is 0 Å². The summed E-state index contributed by atoms with van der Waals surface area (Å²) in [6, 6.07) is 4.84. The van der Waals surface area contributed by atoms with E-state index in [4.69, 9.17) is 4.74 Å². The standard InChI is InChI=1S/C22H34N4O2/c27-22(20-4-12-25(13-5-20)21-6-16-28-17-7-21)26-11-1-10-24(14-15-26)18-19-2-8-23-9-3-19/h2-3,8-9,20-21H,1,4-7,10-18H2. The maximum atomic E-state index is 13.1. The monoisotopic (exact) mass is 386 g/mol. The third-order valence-electron chi connectivity index (χ3n) is 6.64. The predicted molar refractivity (Wildman–Crippen MR) is 109 cm³/mol. The normalized spacial score (nSPS) is 24.2. The van der Waals surface area contributed by atoms with E-state index in [1.807, 2.05) is 12.4 Å². The molecule has 6 heteroatoms. The van der Waals surface area contributed by atoms with Gasteiger partial charge in [0.2, 0.25) is 5.91 Å². The van der Waals surface area contributed by atoms with Crippen molar-refractivity contribution in [2.24, 2.45) is 5.92 Å². The Morgan fingerprint density at radius 1 is 0.964 bits per heavy atom. The van der Waals surface area contributed by atoms with Gasteiger partial charge in [-0.25, -0.2) is 0 Å². The highest BCUT2D eigenvalue weighted by molar-refractivity contribution is 5.79. The average Bonchev–Trinajstić information content (AvgIpc) is 3.00. The lowest BCUT2D eigenvalue weighted by molar-refractivity contribution is -0.137. The number of amides is 1. The molecule has 0 saturated carbocycles. The maximum absolute atomic E-state index is 13.1. The lowest BCUT2D eigenvalue weighted by Crippen LogP contribution is -2.47. The highest BCUT2D eigenvalue weighted by Crippen LogP contribution is 2.25. The second-order valence-electron chi connectivity index (χ2n) is 8.46. The lowest BCUT2D eigenvalue weighted by Gasteiger charge is -2.39. The molecule has 4 heterocycles. The Kier molecular flexibility index (Phi) is 6.94. The van der Waals surface area contributed by atoms with Gasteiger partial charge in [-0.15, -0.1) is 0 Å². The van der Waals surface area contributed by atoms with Crippen molar-refractivity contribution in [1.82, 2.24) is 19.7 Å². The Hall–Kier alpha value is -1.50. The van der Waals surface area contributed by atoms with Gasteiger partial charge in [-0.05, 0) is 62.9 Å². The number of aromatic nitrogens is 1. The number of hydrogen-bond acceptors (Lipinski definition) is 5. The molecule has 0 aliphatic carbocycles. The highest BCUT2D eigenvalue weighted by Gasteiger charge is 2.32. The van der Waals surface area contributed by atoms with Crippen molar-refractivity contribution in [2.45, 2.75) is 44.7 Å². The fraction of sp³-hybridized carbons (Fsp3) is 0.727. The van der Waals surface area contributed by atoms with Gasteiger partial charge in [0.25, 0.3) is 0 Å². The van der Waals surface area contributed by atoms with Crippen LogP contribution in [0.2, 0.25) is 0 Å². The van der Waals surface area contributed by atoms with Crippen molar-refractivity contribution in [3.8, 4) is 0 Å². The summed E-state index contributed by atoms with van der Waals surface area (Å²) in [7, 11) is 0. The molecule has 1 aromatic rings. The van der Waals surface area contributed by atoms with Gasteiger partial charge in [0.05, 0.1) is 0 Å². The Morgan fingerprint density at radius 2 is 1.71 bits per heavy atom. The van der Waals surface area contributed by atoms with Gasteiger partial charge in [0.1, 0.15) is 0 Å². The molecule has 3 fully saturated rings. The van der Waals surface area contributed by atoms with Crippen LogP contribution in [-0.4, -0.2) is 84.1 Å². The molecule has 0 N–H and O–H groups in total. The molecule has 0 radical (unpaired) electrons. The Labute approximate surface area is 168 Å². The quantitative estimate of drug-likeness (QED) is 0.792. The molecule has 6 nitrogen and oxygen atoms in total. The summed E-state index contributed by atoms with van der Waals surface area (Å²) < 4.78 is 5.49. The number of hydrogen-bond donors (Lipinski definition) is 0. The largest absolute Gasteiger partial charge is 0.381 e. The van der Waals surface area contributed by atoms with Crippen LogP contribution in [0.25, 0.3) is 0 Å². The number of carbonyl (C=O) groups excluding carboxylic acids is 1. The summed E-state index contributed by atoms with van der Waals surface area (Å²) in [5, 5.41) is 0. The second kappa shape index (κ2) is 9.81. The average molecular weight is 387 g/mol. The first-order chi connectivity index (χ1) is 13.8. The van der Waals surface area contributed by atoms with E-state index in [1.54, 1.807) is 0 Å². The SMILES string of the molecule is O=C(C1CCN(C2CCOCC2)CC1)N1CCCN(Cc2ccncc2)CC1. The van der Waals surface area contributed by atoms with Gasteiger partial charge >= 0.3 is 0 Å². The van der Waals surface area contributed by atoms with E-state index in [-0.39, 0.29) is 5.92 Å². The van der Waals surface area contributed by atoms with Crippen molar-refractivity contribution in [3.05, 3.63) is 30.1 Å². The first-order valence-corrected chi connectivity index (χ1v) is 11.0. The number of carbonyl (C=O) groups is 1. The van der Waals surface area contributed by atoms with Crippen LogP contribution in [0.1, 0.15) is 37.7 Å². The van der Waals surface area contributed by atoms with Gasteiger partial charge in [0.15, 0.2) is 0 Å². The molecule has 0 bridgehead atoms. The van der Waals surface area contributed by atoms with E-state index in [9.17, 15) is 4.79 Å². The summed E-state index contributed by atoms with van der Waals surface area (Å²) in [6.07, 6.45) is 9.13. The molecule has 1 amide bonds. The van der Waals surface area contributed by atoms with E-state index in [0.29, 0.717) is 11.9 Å². The third-order valence-corrected chi connectivity index (χ3v) is 6.64. The smallest absolute Gasteiger partial charge is 0.225 e. The molecule has 4 rings (SSSR count). The first-order valence-electron chi connectivity index (χ1n) is 11.0. The third kappa shape index (κ3) is 5.10. The Bertz CT molecular complexity index is 612. The predicted octanol–water partition coefficient (Wildman–Crippen LogP) is 2.01. The van der Waals surface area contributed by atoms with E-state index < -0.39 is 0 Å². The van der Waals surface area contributed by atoms with E-state index in [1.165, 1.54) is 5.56 Å². The van der Waals surface area contributed by atoms with Gasteiger partial charge < -0.3 is 14.5 Å². The van der Waals surface area contributed by atoms with Gasteiger partial charge in [-0.2, -0.15) is 0 Å². The van der Waals surface area contributed by atoms with Crippen LogP contribution in [0, 0.1) is 5.92 Å². The van der Waals surface area contributed by atoms with Crippen molar-refractivity contribution in [2.75, 3.05) is 52.5 Å². The molecule has 3 saturated heterocycles. The lowest BCUT2D eigenvalue weighted by atomic mass is 9.93. The van der Waals surface area contributed by atoms with Crippen LogP contribution in [-0.2, 0) is 16.1 Å². The fourth-order valence-electron chi connectivity index (χ4n) is 4.92. The number of ether oxygens (including phenoxy) is 1. The van der Waals surface area contributed by atoms with E-state index in [2.05, 4.69) is 31.8 Å². The summed E-state index contributed by atoms with van der Waals surface area (Å²) in [6.45, 7) is 8.69. The molecule has 0 atom stereocenters. The zero-order chi connectivity index (χ0) is 19.2. The van der Waals surface area contributed by atoms with E-state index >= 15 is 0 Å². The Balaban J connectivity index is 1.24. The first kappa shape index (κ1) is 19.8. The van der Waals surface area contributed by atoms with Crippen molar-refractivity contribution in [3.63, 3.8) is 0 Å².